The first-order chi connectivity index (χ1) is 11.2. The van der Waals surface area contributed by atoms with Gasteiger partial charge in [-0.05, 0) is 55.1 Å². The van der Waals surface area contributed by atoms with Crippen LogP contribution in [-0.4, -0.2) is 48.3 Å². The number of aliphatic hydroxyl groups is 1. The van der Waals surface area contributed by atoms with Crippen molar-refractivity contribution in [3.63, 3.8) is 0 Å². The van der Waals surface area contributed by atoms with Gasteiger partial charge in [0.2, 0.25) is 6.79 Å². The van der Waals surface area contributed by atoms with Gasteiger partial charge in [-0.15, -0.1) is 0 Å². The molecule has 23 heavy (non-hydrogen) atoms. The van der Waals surface area contributed by atoms with Crippen LogP contribution in [0.4, 0.5) is 0 Å². The van der Waals surface area contributed by atoms with Crippen LogP contribution in [0.3, 0.4) is 0 Å². The van der Waals surface area contributed by atoms with Crippen LogP contribution in [0.2, 0.25) is 0 Å². The van der Waals surface area contributed by atoms with E-state index in [9.17, 15) is 5.11 Å². The van der Waals surface area contributed by atoms with Crippen LogP contribution < -0.4 is 9.47 Å². The van der Waals surface area contributed by atoms with Crippen molar-refractivity contribution in [1.29, 1.82) is 0 Å². The maximum atomic E-state index is 11.1. The molecule has 3 aliphatic heterocycles. The van der Waals surface area contributed by atoms with Gasteiger partial charge in [-0.1, -0.05) is 6.08 Å². The second kappa shape index (κ2) is 4.50. The zero-order valence-corrected chi connectivity index (χ0v) is 13.2. The molecule has 5 nitrogen and oxygen atoms in total. The summed E-state index contributed by atoms with van der Waals surface area (Å²) in [6.45, 7) is 2.33. The highest BCUT2D eigenvalue weighted by molar-refractivity contribution is 5.54. The molecule has 0 radical (unpaired) electrons. The number of methoxy groups -OCH3 is 1. The monoisotopic (exact) mass is 315 g/mol. The van der Waals surface area contributed by atoms with E-state index in [4.69, 9.17) is 14.2 Å². The molecule has 1 aromatic rings. The van der Waals surface area contributed by atoms with Crippen molar-refractivity contribution in [2.24, 2.45) is 0 Å². The molecule has 0 saturated carbocycles. The predicted molar refractivity (Wildman–Crippen MR) is 83.6 cm³/mol. The Labute approximate surface area is 135 Å². The molecule has 3 heterocycles. The van der Waals surface area contributed by atoms with Crippen LogP contribution in [0.5, 0.6) is 11.5 Å². The van der Waals surface area contributed by atoms with E-state index in [0.29, 0.717) is 0 Å². The lowest BCUT2D eigenvalue weighted by atomic mass is 9.76. The first-order valence-electron chi connectivity index (χ1n) is 8.32. The number of benzene rings is 1. The zero-order chi connectivity index (χ0) is 15.7. The normalized spacial score (nSPS) is 37.4. The molecule has 1 aromatic carbocycles. The standard InChI is InChI=1S/C18H21NO4/c1-21-18(20)6-5-17-4-2-7-19(17)8-3-12-9-14-15(23-11-22-14)10-13(12)16(17)18/h5-6,9-10,16,20H,2-4,7-8,11H2,1H3. The van der Waals surface area contributed by atoms with Gasteiger partial charge < -0.3 is 19.3 Å². The van der Waals surface area contributed by atoms with E-state index in [2.05, 4.69) is 23.1 Å². The van der Waals surface area contributed by atoms with E-state index in [0.717, 1.165) is 49.4 Å². The molecule has 122 valence electrons. The minimum absolute atomic E-state index is 0.130. The van der Waals surface area contributed by atoms with Gasteiger partial charge in [0.05, 0.1) is 11.5 Å². The van der Waals surface area contributed by atoms with Gasteiger partial charge >= 0.3 is 0 Å². The average Bonchev–Trinajstić information content (AvgIpc) is 3.22. The highest BCUT2D eigenvalue weighted by Crippen LogP contribution is 2.56. The summed E-state index contributed by atoms with van der Waals surface area (Å²) in [5.41, 5.74) is 2.21. The number of hydrogen-bond donors (Lipinski definition) is 1. The van der Waals surface area contributed by atoms with Gasteiger partial charge in [0.1, 0.15) is 0 Å². The lowest BCUT2D eigenvalue weighted by Gasteiger charge is -2.42. The van der Waals surface area contributed by atoms with E-state index < -0.39 is 5.79 Å². The Morgan fingerprint density at radius 2 is 2.04 bits per heavy atom. The molecule has 0 amide bonds. The Morgan fingerprint density at radius 1 is 1.22 bits per heavy atom. The third kappa shape index (κ3) is 1.67. The SMILES string of the molecule is COC1(O)C=CC23CCCN2CCc2cc4c(cc2C13)OCO4. The molecule has 1 spiro atoms. The lowest BCUT2D eigenvalue weighted by Crippen LogP contribution is -2.51. The maximum Gasteiger partial charge on any atom is 0.231 e. The highest BCUT2D eigenvalue weighted by Gasteiger charge is 2.59. The number of fused-ring (bicyclic) bond motifs is 3. The van der Waals surface area contributed by atoms with Crippen molar-refractivity contribution in [1.82, 2.24) is 4.90 Å². The van der Waals surface area contributed by atoms with Crippen molar-refractivity contribution in [2.75, 3.05) is 27.0 Å². The molecule has 3 atom stereocenters. The molecule has 4 aliphatic rings. The quantitative estimate of drug-likeness (QED) is 0.632. The number of nitrogens with zero attached hydrogens (tertiary/aromatic N) is 1. The summed E-state index contributed by atoms with van der Waals surface area (Å²) in [5, 5.41) is 11.1. The summed E-state index contributed by atoms with van der Waals surface area (Å²) in [6.07, 6.45) is 7.18. The molecular formula is C18H21NO4. The van der Waals surface area contributed by atoms with Crippen LogP contribution in [0, 0.1) is 0 Å². The molecule has 1 N–H and O–H groups in total. The van der Waals surface area contributed by atoms with E-state index in [1.165, 1.54) is 5.56 Å². The molecule has 5 heteroatoms. The smallest absolute Gasteiger partial charge is 0.231 e. The molecule has 1 saturated heterocycles. The molecule has 3 unspecified atom stereocenters. The van der Waals surface area contributed by atoms with Gasteiger partial charge in [-0.25, -0.2) is 0 Å². The molecule has 1 aliphatic carbocycles. The molecular weight excluding hydrogens is 294 g/mol. The largest absolute Gasteiger partial charge is 0.454 e. The van der Waals surface area contributed by atoms with Crippen molar-refractivity contribution < 1.29 is 19.3 Å². The van der Waals surface area contributed by atoms with E-state index in [-0.39, 0.29) is 18.2 Å². The number of rotatable bonds is 1. The van der Waals surface area contributed by atoms with Crippen LogP contribution in [0.15, 0.2) is 24.3 Å². The summed E-state index contributed by atoms with van der Waals surface area (Å²) in [6, 6.07) is 4.14. The fourth-order valence-electron chi connectivity index (χ4n) is 4.99. The summed E-state index contributed by atoms with van der Waals surface area (Å²) in [7, 11) is 1.58. The Morgan fingerprint density at radius 3 is 2.87 bits per heavy atom. The predicted octanol–water partition coefficient (Wildman–Crippen LogP) is 1.79. The Hall–Kier alpha value is -1.56. The molecule has 0 aromatic heterocycles. The number of ether oxygens (including phenoxy) is 3. The van der Waals surface area contributed by atoms with Crippen molar-refractivity contribution in [3.8, 4) is 11.5 Å². The maximum absolute atomic E-state index is 11.1. The summed E-state index contributed by atoms with van der Waals surface area (Å²) < 4.78 is 16.7. The van der Waals surface area contributed by atoms with Crippen LogP contribution in [0.25, 0.3) is 0 Å². The number of hydrogen-bond acceptors (Lipinski definition) is 5. The average molecular weight is 315 g/mol. The van der Waals surface area contributed by atoms with Crippen molar-refractivity contribution >= 4 is 0 Å². The summed E-state index contributed by atoms with van der Waals surface area (Å²) >= 11 is 0. The molecule has 1 fully saturated rings. The second-order valence-electron chi connectivity index (χ2n) is 6.96. The van der Waals surface area contributed by atoms with Gasteiger partial charge in [-0.2, -0.15) is 0 Å². The highest BCUT2D eigenvalue weighted by atomic mass is 16.7. The van der Waals surface area contributed by atoms with Gasteiger partial charge in [0.15, 0.2) is 17.3 Å². The van der Waals surface area contributed by atoms with Crippen LogP contribution in [0.1, 0.15) is 29.9 Å². The summed E-state index contributed by atoms with van der Waals surface area (Å²) in [5.74, 6) is 0.187. The summed E-state index contributed by atoms with van der Waals surface area (Å²) in [4.78, 5) is 2.51. The zero-order valence-electron chi connectivity index (χ0n) is 13.2. The van der Waals surface area contributed by atoms with Gasteiger partial charge in [0, 0.05) is 13.7 Å². The van der Waals surface area contributed by atoms with Crippen molar-refractivity contribution in [2.45, 2.75) is 36.5 Å². The minimum atomic E-state index is -1.27. The van der Waals surface area contributed by atoms with Gasteiger partial charge in [-0.3, -0.25) is 4.90 Å². The third-order valence-electron chi connectivity index (χ3n) is 6.04. The molecule has 0 bridgehead atoms. The fourth-order valence-corrected chi connectivity index (χ4v) is 4.99. The van der Waals surface area contributed by atoms with Crippen molar-refractivity contribution in [3.05, 3.63) is 35.4 Å². The Bertz CT molecular complexity index is 703. The minimum Gasteiger partial charge on any atom is -0.454 e. The fraction of sp³-hybridized carbons (Fsp3) is 0.556. The third-order valence-corrected chi connectivity index (χ3v) is 6.04. The Balaban J connectivity index is 1.73. The second-order valence-corrected chi connectivity index (χ2v) is 6.96. The topological polar surface area (TPSA) is 51.2 Å². The Kier molecular flexibility index (Phi) is 2.71. The van der Waals surface area contributed by atoms with E-state index in [1.54, 1.807) is 7.11 Å². The first-order valence-corrected chi connectivity index (χ1v) is 8.32. The van der Waals surface area contributed by atoms with E-state index in [1.807, 2.05) is 6.08 Å². The molecule has 5 rings (SSSR count). The first kappa shape index (κ1) is 13.8. The lowest BCUT2D eigenvalue weighted by molar-refractivity contribution is -0.171. The van der Waals surface area contributed by atoms with Crippen LogP contribution >= 0.6 is 0 Å². The van der Waals surface area contributed by atoms with Crippen LogP contribution in [-0.2, 0) is 11.2 Å². The van der Waals surface area contributed by atoms with E-state index >= 15 is 0 Å². The van der Waals surface area contributed by atoms with Gasteiger partial charge in [0.25, 0.3) is 0 Å².